The fourth-order valence-electron chi connectivity index (χ4n) is 2.92. The summed E-state index contributed by atoms with van der Waals surface area (Å²) < 4.78 is 0. The van der Waals surface area contributed by atoms with Crippen LogP contribution >= 0.6 is 0 Å². The van der Waals surface area contributed by atoms with Crippen molar-refractivity contribution in [2.24, 2.45) is 0 Å². The first-order valence-electron chi connectivity index (χ1n) is 9.15. The van der Waals surface area contributed by atoms with E-state index in [2.05, 4.69) is 12.2 Å². The van der Waals surface area contributed by atoms with E-state index in [0.29, 0.717) is 12.1 Å². The number of benzene rings is 1. The van der Waals surface area contributed by atoms with E-state index in [9.17, 15) is 14.7 Å². The van der Waals surface area contributed by atoms with Gasteiger partial charge in [0.25, 0.3) is 0 Å². The largest absolute Gasteiger partial charge is 0.481 e. The van der Waals surface area contributed by atoms with E-state index < -0.39 is 11.9 Å². The van der Waals surface area contributed by atoms with Gasteiger partial charge < -0.3 is 10.4 Å². The predicted octanol–water partition coefficient (Wildman–Crippen LogP) is 5.34. The number of rotatable bonds is 12. The number of hydrogen-bond acceptors (Lipinski definition) is 2. The van der Waals surface area contributed by atoms with Gasteiger partial charge in [0, 0.05) is 12.6 Å². The Bertz CT molecular complexity index is 496. The number of carbonyl (C=O) groups excluding carboxylic acids is 1. The first-order valence-corrected chi connectivity index (χ1v) is 9.15. The van der Waals surface area contributed by atoms with Crippen LogP contribution in [0.4, 0.5) is 5.69 Å². The van der Waals surface area contributed by atoms with Crippen LogP contribution in [0.3, 0.4) is 0 Å². The Kier molecular flexibility index (Phi) is 9.81. The van der Waals surface area contributed by atoms with Crippen LogP contribution < -0.4 is 5.32 Å². The average molecular weight is 333 g/mol. The maximum atomic E-state index is 11.5. The third kappa shape index (κ3) is 8.14. The molecule has 134 valence electrons. The number of amides is 1. The molecule has 2 N–H and O–H groups in total. The zero-order chi connectivity index (χ0) is 17.8. The third-order valence-corrected chi connectivity index (χ3v) is 4.28. The molecule has 24 heavy (non-hydrogen) atoms. The van der Waals surface area contributed by atoms with E-state index in [4.69, 9.17) is 0 Å². The SMILES string of the molecule is CCCCCCCCCCC(C(=O)O)c1ccc(NC(C)=O)cc1. The van der Waals surface area contributed by atoms with Crippen molar-refractivity contribution in [3.8, 4) is 0 Å². The van der Waals surface area contributed by atoms with Crippen molar-refractivity contribution in [3.05, 3.63) is 29.8 Å². The van der Waals surface area contributed by atoms with Crippen LogP contribution in [0.2, 0.25) is 0 Å². The summed E-state index contributed by atoms with van der Waals surface area (Å²) >= 11 is 0. The van der Waals surface area contributed by atoms with Crippen LogP contribution in [0.15, 0.2) is 24.3 Å². The molecule has 0 spiro atoms. The summed E-state index contributed by atoms with van der Waals surface area (Å²) in [4.78, 5) is 22.6. The number of carboxylic acid groups (broad SMARTS) is 1. The van der Waals surface area contributed by atoms with Crippen molar-refractivity contribution >= 4 is 17.6 Å². The highest BCUT2D eigenvalue weighted by Gasteiger charge is 2.19. The van der Waals surface area contributed by atoms with Gasteiger partial charge >= 0.3 is 5.97 Å². The fraction of sp³-hybridized carbons (Fsp3) is 0.600. The summed E-state index contributed by atoms with van der Waals surface area (Å²) in [5, 5.41) is 12.2. The van der Waals surface area contributed by atoms with E-state index in [1.807, 2.05) is 0 Å². The molecule has 0 aliphatic rings. The van der Waals surface area contributed by atoms with Crippen molar-refractivity contribution in [2.45, 2.75) is 77.6 Å². The Labute approximate surface area is 145 Å². The number of unbranched alkanes of at least 4 members (excludes halogenated alkanes) is 7. The highest BCUT2D eigenvalue weighted by molar-refractivity contribution is 5.88. The van der Waals surface area contributed by atoms with E-state index in [-0.39, 0.29) is 5.91 Å². The van der Waals surface area contributed by atoms with Crippen LogP contribution in [0.5, 0.6) is 0 Å². The molecule has 0 heterocycles. The van der Waals surface area contributed by atoms with E-state index in [1.165, 1.54) is 45.4 Å². The van der Waals surface area contributed by atoms with Crippen LogP contribution in [-0.4, -0.2) is 17.0 Å². The smallest absolute Gasteiger partial charge is 0.310 e. The summed E-state index contributed by atoms with van der Waals surface area (Å²) in [5.41, 5.74) is 1.50. The van der Waals surface area contributed by atoms with E-state index in [1.54, 1.807) is 24.3 Å². The van der Waals surface area contributed by atoms with Gasteiger partial charge in [-0.3, -0.25) is 9.59 Å². The molecule has 0 fully saturated rings. The molecule has 0 radical (unpaired) electrons. The highest BCUT2D eigenvalue weighted by Crippen LogP contribution is 2.25. The molecule has 4 nitrogen and oxygen atoms in total. The lowest BCUT2D eigenvalue weighted by Gasteiger charge is -2.13. The normalized spacial score (nSPS) is 11.9. The van der Waals surface area contributed by atoms with E-state index in [0.717, 1.165) is 18.4 Å². The molecule has 0 aromatic heterocycles. The Morgan fingerprint density at radius 2 is 1.50 bits per heavy atom. The number of aliphatic carboxylic acids is 1. The zero-order valence-corrected chi connectivity index (χ0v) is 15.0. The summed E-state index contributed by atoms with van der Waals surface area (Å²) in [6.07, 6.45) is 10.3. The summed E-state index contributed by atoms with van der Waals surface area (Å²) in [5.74, 6) is -1.36. The number of hydrogen-bond donors (Lipinski definition) is 2. The standard InChI is InChI=1S/C20H31NO3/c1-3-4-5-6-7-8-9-10-11-19(20(23)24)17-12-14-18(15-13-17)21-16(2)22/h12-15,19H,3-11H2,1-2H3,(H,21,22)(H,23,24). The number of nitrogens with one attached hydrogen (secondary N) is 1. The first-order chi connectivity index (χ1) is 11.5. The number of carbonyl (C=O) groups is 2. The van der Waals surface area contributed by atoms with Crippen molar-refractivity contribution < 1.29 is 14.7 Å². The van der Waals surface area contributed by atoms with Crippen LogP contribution in [0.1, 0.15) is 83.1 Å². The maximum Gasteiger partial charge on any atom is 0.310 e. The molecule has 1 unspecified atom stereocenters. The number of anilines is 1. The molecule has 1 amide bonds. The second kappa shape index (κ2) is 11.7. The van der Waals surface area contributed by atoms with Crippen molar-refractivity contribution in [1.82, 2.24) is 0 Å². The van der Waals surface area contributed by atoms with Gasteiger partial charge in [-0.15, -0.1) is 0 Å². The minimum Gasteiger partial charge on any atom is -0.481 e. The lowest BCUT2D eigenvalue weighted by atomic mass is 9.92. The molecular formula is C20H31NO3. The quantitative estimate of drug-likeness (QED) is 0.507. The maximum absolute atomic E-state index is 11.5. The summed E-state index contributed by atoms with van der Waals surface area (Å²) in [6.45, 7) is 3.67. The molecule has 0 saturated carbocycles. The minimum atomic E-state index is -0.773. The van der Waals surface area contributed by atoms with Crippen LogP contribution in [0, 0.1) is 0 Å². The lowest BCUT2D eigenvalue weighted by molar-refractivity contribution is -0.139. The lowest BCUT2D eigenvalue weighted by Crippen LogP contribution is -2.12. The van der Waals surface area contributed by atoms with Crippen molar-refractivity contribution in [3.63, 3.8) is 0 Å². The van der Waals surface area contributed by atoms with E-state index >= 15 is 0 Å². The molecule has 4 heteroatoms. The van der Waals surface area contributed by atoms with Crippen molar-refractivity contribution in [1.29, 1.82) is 0 Å². The Morgan fingerprint density at radius 1 is 0.958 bits per heavy atom. The molecule has 0 bridgehead atoms. The second-order valence-electron chi connectivity index (χ2n) is 6.46. The van der Waals surface area contributed by atoms with Gasteiger partial charge in [0.05, 0.1) is 5.92 Å². The first kappa shape index (κ1) is 20.2. The van der Waals surface area contributed by atoms with Gasteiger partial charge in [-0.2, -0.15) is 0 Å². The molecule has 1 atom stereocenters. The molecule has 1 aromatic rings. The molecule has 1 aromatic carbocycles. The molecule has 0 aliphatic heterocycles. The average Bonchev–Trinajstić information content (AvgIpc) is 2.54. The molecular weight excluding hydrogens is 302 g/mol. The Hall–Kier alpha value is -1.84. The second-order valence-corrected chi connectivity index (χ2v) is 6.46. The number of carboxylic acids is 1. The minimum absolute atomic E-state index is 0.128. The highest BCUT2D eigenvalue weighted by atomic mass is 16.4. The monoisotopic (exact) mass is 333 g/mol. The fourth-order valence-corrected chi connectivity index (χ4v) is 2.92. The van der Waals surface area contributed by atoms with Gasteiger partial charge in [-0.1, -0.05) is 70.4 Å². The topological polar surface area (TPSA) is 66.4 Å². The predicted molar refractivity (Wildman–Crippen MR) is 98.3 cm³/mol. The molecule has 0 saturated heterocycles. The molecule has 0 aliphatic carbocycles. The van der Waals surface area contributed by atoms with Gasteiger partial charge in [-0.25, -0.2) is 0 Å². The summed E-state index contributed by atoms with van der Waals surface area (Å²) in [7, 11) is 0. The Balaban J connectivity index is 2.38. The summed E-state index contributed by atoms with van der Waals surface area (Å²) in [6, 6.07) is 7.13. The third-order valence-electron chi connectivity index (χ3n) is 4.28. The molecule has 1 rings (SSSR count). The van der Waals surface area contributed by atoms with Crippen LogP contribution in [0.25, 0.3) is 0 Å². The van der Waals surface area contributed by atoms with Gasteiger partial charge in [0.15, 0.2) is 0 Å². The zero-order valence-electron chi connectivity index (χ0n) is 15.0. The van der Waals surface area contributed by atoms with Crippen LogP contribution in [-0.2, 0) is 9.59 Å². The van der Waals surface area contributed by atoms with Gasteiger partial charge in [0.2, 0.25) is 5.91 Å². The van der Waals surface area contributed by atoms with Gasteiger partial charge in [-0.05, 0) is 24.1 Å². The Morgan fingerprint density at radius 3 is 2.00 bits per heavy atom. The van der Waals surface area contributed by atoms with Crippen molar-refractivity contribution in [2.75, 3.05) is 5.32 Å². The van der Waals surface area contributed by atoms with Gasteiger partial charge in [0.1, 0.15) is 0 Å².